The Labute approximate surface area is 117 Å². The summed E-state index contributed by atoms with van der Waals surface area (Å²) in [4.78, 5) is 0. The maximum atomic E-state index is 5.71. The molecule has 1 aromatic rings. The molecule has 3 N–H and O–H groups in total. The third-order valence-electron chi connectivity index (χ3n) is 3.77. The quantitative estimate of drug-likeness (QED) is 0.496. The van der Waals surface area contributed by atoms with E-state index in [4.69, 9.17) is 5.84 Å². The largest absolute Gasteiger partial charge is 0.271 e. The Morgan fingerprint density at radius 3 is 2.41 bits per heavy atom. The summed E-state index contributed by atoms with van der Waals surface area (Å²) in [5.74, 6) is 6.56. The van der Waals surface area contributed by atoms with Crippen LogP contribution in [0.2, 0.25) is 0 Å². The average Bonchev–Trinajstić information content (AvgIpc) is 2.38. The molecular formula is C14H21IN2. The number of hydrogen-bond donors (Lipinski definition) is 2. The van der Waals surface area contributed by atoms with Crippen LogP contribution >= 0.6 is 22.6 Å². The molecule has 1 aliphatic rings. The highest BCUT2D eigenvalue weighted by Crippen LogP contribution is 2.31. The van der Waals surface area contributed by atoms with Crippen molar-refractivity contribution in [3.63, 3.8) is 0 Å². The lowest BCUT2D eigenvalue weighted by Gasteiger charge is -2.26. The molecular weight excluding hydrogens is 323 g/mol. The van der Waals surface area contributed by atoms with E-state index in [1.807, 2.05) is 0 Å². The van der Waals surface area contributed by atoms with Crippen LogP contribution < -0.4 is 11.3 Å². The molecule has 0 aromatic heterocycles. The Morgan fingerprint density at radius 1 is 1.18 bits per heavy atom. The summed E-state index contributed by atoms with van der Waals surface area (Å²) in [6, 6.07) is 9.00. The summed E-state index contributed by atoms with van der Waals surface area (Å²) in [5, 5.41) is 0. The van der Waals surface area contributed by atoms with Crippen LogP contribution in [0.25, 0.3) is 0 Å². The Morgan fingerprint density at radius 2 is 1.82 bits per heavy atom. The monoisotopic (exact) mass is 344 g/mol. The summed E-state index contributed by atoms with van der Waals surface area (Å²) in [5.41, 5.74) is 4.30. The van der Waals surface area contributed by atoms with Gasteiger partial charge in [0.15, 0.2) is 0 Å². The standard InChI is InChI=1S/C14H21IN2/c15-13-8-6-12(7-9-13)14(17-16)10-11-4-2-1-3-5-11/h6-9,11,14,17H,1-5,10,16H2. The molecule has 1 saturated carbocycles. The number of nitrogens with two attached hydrogens (primary N) is 1. The lowest BCUT2D eigenvalue weighted by Crippen LogP contribution is -2.30. The Hall–Kier alpha value is -0.130. The van der Waals surface area contributed by atoms with Crippen LogP contribution in [0.4, 0.5) is 0 Å². The fourth-order valence-electron chi connectivity index (χ4n) is 2.75. The summed E-state index contributed by atoms with van der Waals surface area (Å²) in [6.45, 7) is 0. The molecule has 1 aromatic carbocycles. The lowest BCUT2D eigenvalue weighted by atomic mass is 9.83. The van der Waals surface area contributed by atoms with Crippen molar-refractivity contribution >= 4 is 22.6 Å². The number of benzene rings is 1. The van der Waals surface area contributed by atoms with Gasteiger partial charge in [0.1, 0.15) is 0 Å². The molecule has 1 unspecified atom stereocenters. The maximum Gasteiger partial charge on any atom is 0.0462 e. The Balaban J connectivity index is 1.97. The zero-order valence-electron chi connectivity index (χ0n) is 10.2. The van der Waals surface area contributed by atoms with Gasteiger partial charge in [-0.15, -0.1) is 0 Å². The molecule has 2 nitrogen and oxygen atoms in total. The van der Waals surface area contributed by atoms with Gasteiger partial charge in [0.25, 0.3) is 0 Å². The number of rotatable bonds is 4. The second-order valence-electron chi connectivity index (χ2n) is 5.01. The Bertz CT molecular complexity index is 331. The van der Waals surface area contributed by atoms with Crippen LogP contribution in [-0.2, 0) is 0 Å². The molecule has 0 saturated heterocycles. The van der Waals surface area contributed by atoms with Crippen molar-refractivity contribution in [3.8, 4) is 0 Å². The first kappa shape index (κ1) is 13.3. The van der Waals surface area contributed by atoms with Crippen LogP contribution in [0, 0.1) is 9.49 Å². The molecule has 0 aliphatic heterocycles. The summed E-state index contributed by atoms with van der Waals surface area (Å²) < 4.78 is 1.28. The van der Waals surface area contributed by atoms with Gasteiger partial charge in [-0.05, 0) is 52.6 Å². The first-order valence-corrected chi connectivity index (χ1v) is 7.59. The zero-order valence-corrected chi connectivity index (χ0v) is 12.3. The highest BCUT2D eigenvalue weighted by Gasteiger charge is 2.19. The molecule has 1 fully saturated rings. The first-order valence-electron chi connectivity index (χ1n) is 6.51. The first-order chi connectivity index (χ1) is 8.29. The van der Waals surface area contributed by atoms with Crippen LogP contribution in [-0.4, -0.2) is 0 Å². The van der Waals surface area contributed by atoms with Crippen LogP contribution in [0.5, 0.6) is 0 Å². The van der Waals surface area contributed by atoms with Gasteiger partial charge < -0.3 is 0 Å². The molecule has 0 heterocycles. The zero-order chi connectivity index (χ0) is 12.1. The van der Waals surface area contributed by atoms with E-state index < -0.39 is 0 Å². The molecule has 0 amide bonds. The van der Waals surface area contributed by atoms with Gasteiger partial charge in [-0.3, -0.25) is 11.3 Å². The van der Waals surface area contributed by atoms with Gasteiger partial charge >= 0.3 is 0 Å². The predicted octanol–water partition coefficient (Wildman–Crippen LogP) is 3.77. The van der Waals surface area contributed by atoms with E-state index in [9.17, 15) is 0 Å². The predicted molar refractivity (Wildman–Crippen MR) is 80.4 cm³/mol. The van der Waals surface area contributed by atoms with Gasteiger partial charge in [-0.25, -0.2) is 0 Å². The topological polar surface area (TPSA) is 38.0 Å². The second-order valence-corrected chi connectivity index (χ2v) is 6.26. The number of hydrogen-bond acceptors (Lipinski definition) is 2. The number of nitrogens with one attached hydrogen (secondary N) is 1. The molecule has 1 atom stereocenters. The lowest BCUT2D eigenvalue weighted by molar-refractivity contribution is 0.301. The number of halogens is 1. The van der Waals surface area contributed by atoms with Crippen molar-refractivity contribution in [2.24, 2.45) is 11.8 Å². The van der Waals surface area contributed by atoms with Crippen molar-refractivity contribution in [2.75, 3.05) is 0 Å². The van der Waals surface area contributed by atoms with Crippen LogP contribution in [0.15, 0.2) is 24.3 Å². The summed E-state index contributed by atoms with van der Waals surface area (Å²) in [7, 11) is 0. The SMILES string of the molecule is NNC(CC1CCCCC1)c1ccc(I)cc1. The molecule has 3 heteroatoms. The van der Waals surface area contributed by atoms with Gasteiger partial charge in [0.05, 0.1) is 0 Å². The number of hydrazine groups is 1. The average molecular weight is 344 g/mol. The minimum atomic E-state index is 0.315. The smallest absolute Gasteiger partial charge is 0.0462 e. The second kappa shape index (κ2) is 6.71. The van der Waals surface area contributed by atoms with Crippen molar-refractivity contribution < 1.29 is 0 Å². The van der Waals surface area contributed by atoms with E-state index in [1.165, 1.54) is 47.7 Å². The van der Waals surface area contributed by atoms with E-state index in [1.54, 1.807) is 0 Å². The Kier molecular flexibility index (Phi) is 5.25. The van der Waals surface area contributed by atoms with Crippen molar-refractivity contribution in [2.45, 2.75) is 44.6 Å². The van der Waals surface area contributed by atoms with Gasteiger partial charge in [0.2, 0.25) is 0 Å². The van der Waals surface area contributed by atoms with E-state index in [0.29, 0.717) is 6.04 Å². The normalized spacial score (nSPS) is 19.2. The van der Waals surface area contributed by atoms with E-state index >= 15 is 0 Å². The molecule has 1 aliphatic carbocycles. The van der Waals surface area contributed by atoms with E-state index in [2.05, 4.69) is 52.3 Å². The third kappa shape index (κ3) is 3.93. The van der Waals surface area contributed by atoms with Gasteiger partial charge in [-0.1, -0.05) is 44.2 Å². The van der Waals surface area contributed by atoms with Crippen LogP contribution in [0.1, 0.15) is 50.1 Å². The molecule has 94 valence electrons. The fourth-order valence-corrected chi connectivity index (χ4v) is 3.11. The van der Waals surface area contributed by atoms with Crippen molar-refractivity contribution in [3.05, 3.63) is 33.4 Å². The molecule has 0 spiro atoms. The maximum absolute atomic E-state index is 5.71. The molecule has 2 rings (SSSR count). The molecule has 0 bridgehead atoms. The van der Waals surface area contributed by atoms with Crippen molar-refractivity contribution in [1.29, 1.82) is 0 Å². The third-order valence-corrected chi connectivity index (χ3v) is 4.49. The van der Waals surface area contributed by atoms with Gasteiger partial charge in [-0.2, -0.15) is 0 Å². The highest BCUT2D eigenvalue weighted by molar-refractivity contribution is 14.1. The summed E-state index contributed by atoms with van der Waals surface area (Å²) >= 11 is 2.34. The minimum Gasteiger partial charge on any atom is -0.271 e. The van der Waals surface area contributed by atoms with Crippen molar-refractivity contribution in [1.82, 2.24) is 5.43 Å². The van der Waals surface area contributed by atoms with E-state index in [-0.39, 0.29) is 0 Å². The highest BCUT2D eigenvalue weighted by atomic mass is 127. The minimum absolute atomic E-state index is 0.315. The van der Waals surface area contributed by atoms with E-state index in [0.717, 1.165) is 5.92 Å². The fraction of sp³-hybridized carbons (Fsp3) is 0.571. The summed E-state index contributed by atoms with van der Waals surface area (Å²) in [6.07, 6.45) is 8.15. The van der Waals surface area contributed by atoms with Crippen LogP contribution in [0.3, 0.4) is 0 Å². The molecule has 17 heavy (non-hydrogen) atoms. The van der Waals surface area contributed by atoms with Gasteiger partial charge in [0, 0.05) is 9.61 Å². The molecule has 0 radical (unpaired) electrons.